The molecule has 0 unspecified atom stereocenters. The van der Waals surface area contributed by atoms with Crippen LogP contribution < -0.4 is 16.4 Å². The van der Waals surface area contributed by atoms with E-state index in [2.05, 4.69) is 10.6 Å². The smallest absolute Gasteiger partial charge is 0.355 e. The van der Waals surface area contributed by atoms with Gasteiger partial charge in [0.1, 0.15) is 0 Å². The van der Waals surface area contributed by atoms with Gasteiger partial charge in [0.15, 0.2) is 0 Å². The van der Waals surface area contributed by atoms with Crippen LogP contribution in [0.1, 0.15) is 38.3 Å². The number of hydrogen-bond acceptors (Lipinski definition) is 3. The van der Waals surface area contributed by atoms with Gasteiger partial charge in [0.05, 0.1) is 5.56 Å². The highest BCUT2D eigenvalue weighted by Gasteiger charge is 2.31. The summed E-state index contributed by atoms with van der Waals surface area (Å²) in [5, 5.41) is 4.99. The van der Waals surface area contributed by atoms with Crippen LogP contribution in [0.15, 0.2) is 18.2 Å². The van der Waals surface area contributed by atoms with E-state index < -0.39 is 23.1 Å². The normalized spacial score (nSPS) is 12.0. The van der Waals surface area contributed by atoms with Crippen molar-refractivity contribution in [1.82, 2.24) is 5.32 Å². The monoisotopic (exact) mass is 345 g/mol. The van der Waals surface area contributed by atoms with Gasteiger partial charge in [0, 0.05) is 30.6 Å². The molecule has 0 saturated carbocycles. The molecule has 24 heavy (non-hydrogen) atoms. The first kappa shape index (κ1) is 20.0. The number of nitrogens with two attached hydrogens (primary N) is 1. The molecule has 0 heterocycles. The summed E-state index contributed by atoms with van der Waals surface area (Å²) in [4.78, 5) is 23.5. The number of anilines is 1. The molecule has 134 valence electrons. The first-order valence-electron chi connectivity index (χ1n) is 7.43. The predicted molar refractivity (Wildman–Crippen MR) is 85.0 cm³/mol. The number of alkyl halides is 3. The van der Waals surface area contributed by atoms with Crippen LogP contribution >= 0.6 is 0 Å². The van der Waals surface area contributed by atoms with E-state index in [0.717, 1.165) is 12.1 Å². The van der Waals surface area contributed by atoms with Crippen molar-refractivity contribution in [3.05, 3.63) is 29.3 Å². The Kier molecular flexibility index (Phi) is 6.36. The molecule has 1 rings (SSSR count). The Labute approximate surface area is 138 Å². The molecule has 0 aliphatic rings. The van der Waals surface area contributed by atoms with Gasteiger partial charge in [-0.05, 0) is 23.8 Å². The first-order valence-corrected chi connectivity index (χ1v) is 7.43. The number of carbonyl (C=O) groups is 2. The number of amides is 2. The Bertz CT molecular complexity index is 608. The summed E-state index contributed by atoms with van der Waals surface area (Å²) < 4.78 is 38.5. The predicted octanol–water partition coefficient (Wildman–Crippen LogP) is 2.66. The van der Waals surface area contributed by atoms with Gasteiger partial charge in [0.25, 0.3) is 0 Å². The number of rotatable bonds is 5. The van der Waals surface area contributed by atoms with Crippen molar-refractivity contribution >= 4 is 17.5 Å². The van der Waals surface area contributed by atoms with Crippen LogP contribution in [-0.4, -0.2) is 18.4 Å². The third-order valence-corrected chi connectivity index (χ3v) is 3.16. The van der Waals surface area contributed by atoms with E-state index in [1.807, 2.05) is 0 Å². The molecule has 4 N–H and O–H groups in total. The van der Waals surface area contributed by atoms with Crippen LogP contribution in [0.5, 0.6) is 0 Å². The average Bonchev–Trinajstić information content (AvgIpc) is 2.44. The summed E-state index contributed by atoms with van der Waals surface area (Å²) in [6, 6.07) is 3.19. The number of halogens is 3. The topological polar surface area (TPSA) is 84.2 Å². The third kappa shape index (κ3) is 6.19. The lowest BCUT2D eigenvalue weighted by Crippen LogP contribution is -2.36. The van der Waals surface area contributed by atoms with Crippen molar-refractivity contribution in [2.45, 2.75) is 39.9 Å². The van der Waals surface area contributed by atoms with Gasteiger partial charge in [-0.15, -0.1) is 0 Å². The highest BCUT2D eigenvalue weighted by Crippen LogP contribution is 2.32. The fourth-order valence-corrected chi connectivity index (χ4v) is 1.82. The summed E-state index contributed by atoms with van der Waals surface area (Å²) in [6.07, 6.45) is -4.57. The van der Waals surface area contributed by atoms with Crippen LogP contribution in [0.2, 0.25) is 0 Å². The second-order valence-corrected chi connectivity index (χ2v) is 6.42. The number of hydrogen-bond donors (Lipinski definition) is 3. The minimum atomic E-state index is -4.52. The SMILES string of the molecule is CC(C)(C)C(=O)NCCC(=O)Nc1cc(CN)cc(C(F)(F)F)c1. The lowest BCUT2D eigenvalue weighted by molar-refractivity contribution is -0.137. The Morgan fingerprint density at radius 2 is 1.75 bits per heavy atom. The minimum absolute atomic E-state index is 0.0254. The summed E-state index contributed by atoms with van der Waals surface area (Å²) >= 11 is 0. The third-order valence-electron chi connectivity index (χ3n) is 3.16. The van der Waals surface area contributed by atoms with Gasteiger partial charge in [-0.1, -0.05) is 20.8 Å². The Morgan fingerprint density at radius 3 is 2.25 bits per heavy atom. The molecule has 0 aliphatic carbocycles. The quantitative estimate of drug-likeness (QED) is 0.767. The van der Waals surface area contributed by atoms with Crippen LogP contribution in [0.4, 0.5) is 18.9 Å². The Hall–Kier alpha value is -2.09. The van der Waals surface area contributed by atoms with Crippen molar-refractivity contribution in [1.29, 1.82) is 0 Å². The highest BCUT2D eigenvalue weighted by atomic mass is 19.4. The summed E-state index contributed by atoms with van der Waals surface area (Å²) in [5.74, 6) is -0.703. The molecule has 0 fully saturated rings. The molecule has 0 bridgehead atoms. The molecule has 1 aromatic rings. The Balaban J connectivity index is 2.69. The zero-order chi connectivity index (χ0) is 18.5. The second-order valence-electron chi connectivity index (χ2n) is 6.42. The van der Waals surface area contributed by atoms with Crippen LogP contribution in [0.25, 0.3) is 0 Å². The number of nitrogens with one attached hydrogen (secondary N) is 2. The van der Waals surface area contributed by atoms with Crippen LogP contribution in [0.3, 0.4) is 0 Å². The van der Waals surface area contributed by atoms with E-state index in [1.54, 1.807) is 20.8 Å². The maximum absolute atomic E-state index is 12.8. The number of benzene rings is 1. The van der Waals surface area contributed by atoms with E-state index >= 15 is 0 Å². The maximum atomic E-state index is 12.8. The number of carbonyl (C=O) groups excluding carboxylic acids is 2. The van der Waals surface area contributed by atoms with Crippen molar-refractivity contribution in [2.24, 2.45) is 11.1 Å². The lowest BCUT2D eigenvalue weighted by atomic mass is 9.96. The molecule has 0 radical (unpaired) electrons. The van der Waals surface area contributed by atoms with E-state index in [9.17, 15) is 22.8 Å². The van der Waals surface area contributed by atoms with Crippen molar-refractivity contribution in [2.75, 3.05) is 11.9 Å². The maximum Gasteiger partial charge on any atom is 0.416 e. The van der Waals surface area contributed by atoms with Crippen molar-refractivity contribution < 1.29 is 22.8 Å². The van der Waals surface area contributed by atoms with Gasteiger partial charge < -0.3 is 16.4 Å². The summed E-state index contributed by atoms with van der Waals surface area (Å²) in [6.45, 7) is 5.23. The van der Waals surface area contributed by atoms with Gasteiger partial charge in [-0.2, -0.15) is 13.2 Å². The van der Waals surface area contributed by atoms with Gasteiger partial charge in [-0.25, -0.2) is 0 Å². The molecule has 0 spiro atoms. The van der Waals surface area contributed by atoms with Crippen molar-refractivity contribution in [3.8, 4) is 0 Å². The molecule has 0 aromatic heterocycles. The molecular formula is C16H22F3N3O2. The molecule has 0 atom stereocenters. The molecule has 8 heteroatoms. The zero-order valence-electron chi connectivity index (χ0n) is 13.9. The minimum Gasteiger partial charge on any atom is -0.355 e. The van der Waals surface area contributed by atoms with E-state index in [-0.39, 0.29) is 36.7 Å². The molecule has 2 amide bonds. The van der Waals surface area contributed by atoms with Gasteiger partial charge in [0.2, 0.25) is 11.8 Å². The standard InChI is InChI=1S/C16H22F3N3O2/c1-15(2,3)14(24)21-5-4-13(23)22-12-7-10(9-20)6-11(8-12)16(17,18)19/h6-8H,4-5,9,20H2,1-3H3,(H,21,24)(H,22,23). The summed E-state index contributed by atoms with van der Waals surface area (Å²) in [5.41, 5.74) is 4.23. The first-order chi connectivity index (χ1) is 10.9. The molecule has 0 saturated heterocycles. The van der Waals surface area contributed by atoms with E-state index in [1.165, 1.54) is 6.07 Å². The van der Waals surface area contributed by atoms with Crippen LogP contribution in [0, 0.1) is 5.41 Å². The fraction of sp³-hybridized carbons (Fsp3) is 0.500. The average molecular weight is 345 g/mol. The molecule has 0 aliphatic heterocycles. The molecule has 1 aromatic carbocycles. The van der Waals surface area contributed by atoms with E-state index in [4.69, 9.17) is 5.73 Å². The molecule has 5 nitrogen and oxygen atoms in total. The van der Waals surface area contributed by atoms with E-state index in [0.29, 0.717) is 0 Å². The summed E-state index contributed by atoms with van der Waals surface area (Å²) in [7, 11) is 0. The molecular weight excluding hydrogens is 323 g/mol. The largest absolute Gasteiger partial charge is 0.416 e. The van der Waals surface area contributed by atoms with Gasteiger partial charge in [-0.3, -0.25) is 9.59 Å². The van der Waals surface area contributed by atoms with Crippen molar-refractivity contribution in [3.63, 3.8) is 0 Å². The lowest BCUT2D eigenvalue weighted by Gasteiger charge is -2.17. The second kappa shape index (κ2) is 7.65. The zero-order valence-corrected chi connectivity index (χ0v) is 13.9. The fourth-order valence-electron chi connectivity index (χ4n) is 1.82. The highest BCUT2D eigenvalue weighted by molar-refractivity contribution is 5.91. The van der Waals surface area contributed by atoms with Crippen LogP contribution in [-0.2, 0) is 22.3 Å². The Morgan fingerprint density at radius 1 is 1.12 bits per heavy atom. The van der Waals surface area contributed by atoms with Gasteiger partial charge >= 0.3 is 6.18 Å².